The van der Waals surface area contributed by atoms with Crippen LogP contribution in [-0.4, -0.2) is 87.4 Å². The number of piperidine rings is 2. The Morgan fingerprint density at radius 3 is 2.59 bits per heavy atom. The molecule has 3 aliphatic rings. The van der Waals surface area contributed by atoms with Crippen LogP contribution in [0.5, 0.6) is 17.2 Å². The van der Waals surface area contributed by atoms with Gasteiger partial charge in [0, 0.05) is 45.7 Å². The van der Waals surface area contributed by atoms with Crippen molar-refractivity contribution in [3.8, 4) is 17.2 Å². The average molecular weight is 635 g/mol. The molecule has 0 saturated carbocycles. The first-order chi connectivity index (χ1) is 20.8. The average Bonchev–Trinajstić information content (AvgIpc) is 3.02. The van der Waals surface area contributed by atoms with E-state index < -0.39 is 29.5 Å². The molecule has 13 heteroatoms. The number of aryl methyl sites for hydroxylation is 1. The maximum atomic E-state index is 14.6. The first-order valence-electron chi connectivity index (χ1n) is 14.7. The van der Waals surface area contributed by atoms with Gasteiger partial charge in [0.25, 0.3) is 11.8 Å². The second-order valence-corrected chi connectivity index (χ2v) is 11.2. The molecule has 240 valence electrons. The second kappa shape index (κ2) is 14.9. The number of benzene rings is 2. The third kappa shape index (κ3) is 7.91. The molecule has 0 aromatic heterocycles. The first kappa shape index (κ1) is 33.3. The molecule has 2 saturated heterocycles. The predicted molar refractivity (Wildman–Crippen MR) is 162 cm³/mol. The Hall–Kier alpha value is -3.61. The molecule has 0 aliphatic carbocycles. The summed E-state index contributed by atoms with van der Waals surface area (Å²) in [5, 5.41) is 9.09. The molecule has 0 unspecified atom stereocenters. The van der Waals surface area contributed by atoms with Gasteiger partial charge in [-0.05, 0) is 67.7 Å². The van der Waals surface area contributed by atoms with E-state index >= 15 is 0 Å². The van der Waals surface area contributed by atoms with E-state index in [-0.39, 0.29) is 56.1 Å². The largest absolute Gasteiger partial charge is 0.493 e. The molecule has 3 heterocycles. The topological polar surface area (TPSA) is 127 Å². The smallest absolute Gasteiger partial charge is 0.258 e. The number of rotatable bonds is 3. The number of nitrogens with one attached hydrogen (secondary N) is 3. The summed E-state index contributed by atoms with van der Waals surface area (Å²) in [7, 11) is 3.07. The molecule has 0 radical (unpaired) electrons. The number of carbonyl (C=O) groups is 3. The van der Waals surface area contributed by atoms with Crippen LogP contribution in [0.25, 0.3) is 0 Å². The van der Waals surface area contributed by atoms with Gasteiger partial charge < -0.3 is 39.8 Å². The number of fused-ring (bicyclic) bond motifs is 5. The third-order valence-electron chi connectivity index (χ3n) is 8.31. The van der Waals surface area contributed by atoms with Gasteiger partial charge >= 0.3 is 0 Å². The molecule has 44 heavy (non-hydrogen) atoms. The zero-order valence-corrected chi connectivity index (χ0v) is 25.8. The normalized spacial score (nSPS) is 22.3. The number of hydrogen-bond donors (Lipinski definition) is 3. The van der Waals surface area contributed by atoms with Crippen LogP contribution in [0.1, 0.15) is 36.8 Å². The van der Waals surface area contributed by atoms with E-state index in [9.17, 15) is 18.8 Å². The maximum absolute atomic E-state index is 14.6. The molecule has 3 amide bonds. The van der Waals surface area contributed by atoms with Gasteiger partial charge in [-0.3, -0.25) is 14.4 Å². The lowest BCUT2D eigenvalue weighted by molar-refractivity contribution is -0.161. The number of halogens is 2. The number of ether oxygens (including phenoxy) is 4. The fourth-order valence-corrected chi connectivity index (χ4v) is 5.91. The second-order valence-electron chi connectivity index (χ2n) is 11.2. The quantitative estimate of drug-likeness (QED) is 0.469. The summed E-state index contributed by atoms with van der Waals surface area (Å²) in [5.74, 6) is -0.116. The first-order valence-corrected chi connectivity index (χ1v) is 14.7. The molecule has 5 rings (SSSR count). The zero-order valence-electron chi connectivity index (χ0n) is 25.0. The Balaban J connectivity index is 0.00000442. The molecule has 3 N–H and O–H groups in total. The Morgan fingerprint density at radius 1 is 1.05 bits per heavy atom. The van der Waals surface area contributed by atoms with Crippen molar-refractivity contribution in [2.75, 3.05) is 47.0 Å². The molecule has 11 nitrogen and oxygen atoms in total. The number of hydrogen-bond acceptors (Lipinski definition) is 8. The number of methoxy groups -OCH3 is 2. The Morgan fingerprint density at radius 2 is 1.84 bits per heavy atom. The highest BCUT2D eigenvalue weighted by Gasteiger charge is 2.45. The van der Waals surface area contributed by atoms with Crippen LogP contribution >= 0.6 is 12.4 Å². The molecule has 2 fully saturated rings. The Labute approximate surface area is 262 Å². The standard InChI is InChI=1S/C31H39FN4O7.ClH/c1-40-26-5-3-20-4-6-28(37)34-17-21-13-22(32)16-23(14-21)43-25-7-12-36(30(39)31(41-2)8-10-33-11-9-31)18-24(25)35-29(38)19-42-27(26)15-20;/h3,5,13-16,24-25,33H,4,6-12,17-19H2,1-2H3,(H,34,37)(H,35,38);1H/t24-,25-;/m1./s1. The summed E-state index contributed by atoms with van der Waals surface area (Å²) in [6.07, 6.45) is 1.59. The van der Waals surface area contributed by atoms with Crippen LogP contribution in [0.4, 0.5) is 4.39 Å². The molecule has 2 aromatic rings. The number of amides is 3. The molecular weight excluding hydrogens is 595 g/mol. The molecular formula is C31H40ClFN4O7. The lowest BCUT2D eigenvalue weighted by atomic mass is 9.89. The molecule has 4 bridgehead atoms. The summed E-state index contributed by atoms with van der Waals surface area (Å²) in [5.41, 5.74) is 0.455. The van der Waals surface area contributed by atoms with Crippen LogP contribution in [0.15, 0.2) is 36.4 Å². The maximum Gasteiger partial charge on any atom is 0.258 e. The van der Waals surface area contributed by atoms with E-state index in [1.165, 1.54) is 19.2 Å². The van der Waals surface area contributed by atoms with Crippen LogP contribution < -0.4 is 30.2 Å². The summed E-state index contributed by atoms with van der Waals surface area (Å²) >= 11 is 0. The number of likely N-dealkylation sites (tertiary alicyclic amines) is 1. The van der Waals surface area contributed by atoms with Gasteiger partial charge in [-0.2, -0.15) is 0 Å². The van der Waals surface area contributed by atoms with Crippen molar-refractivity contribution in [3.63, 3.8) is 0 Å². The van der Waals surface area contributed by atoms with Gasteiger partial charge in [0.05, 0.1) is 13.2 Å². The van der Waals surface area contributed by atoms with Crippen LogP contribution in [0, 0.1) is 5.82 Å². The fraction of sp³-hybridized carbons (Fsp3) is 0.516. The minimum Gasteiger partial charge on any atom is -0.493 e. The molecule has 3 aliphatic heterocycles. The SMILES string of the molecule is COc1ccc2cc1OCC(=O)N[C@@H]1CN(C(=O)C3(OC)CCNCC3)CC[C@H]1Oc1cc(F)cc(c1)CNC(=O)CC2.Cl. The summed E-state index contributed by atoms with van der Waals surface area (Å²) in [6, 6.07) is 9.01. The third-order valence-corrected chi connectivity index (χ3v) is 8.31. The highest BCUT2D eigenvalue weighted by Crippen LogP contribution is 2.30. The van der Waals surface area contributed by atoms with Crippen molar-refractivity contribution in [1.29, 1.82) is 0 Å². The number of nitrogens with zero attached hydrogens (tertiary/aromatic N) is 1. The van der Waals surface area contributed by atoms with E-state index in [4.69, 9.17) is 18.9 Å². The Bertz CT molecular complexity index is 1340. The van der Waals surface area contributed by atoms with Crippen molar-refractivity contribution in [2.24, 2.45) is 0 Å². The van der Waals surface area contributed by atoms with E-state index in [2.05, 4.69) is 16.0 Å². The predicted octanol–water partition coefficient (Wildman–Crippen LogP) is 2.13. The van der Waals surface area contributed by atoms with E-state index in [1.807, 2.05) is 6.07 Å². The fourth-order valence-electron chi connectivity index (χ4n) is 5.91. The summed E-state index contributed by atoms with van der Waals surface area (Å²) in [6.45, 7) is 1.73. The highest BCUT2D eigenvalue weighted by atomic mass is 35.5. The molecule has 2 atom stereocenters. The Kier molecular flexibility index (Phi) is 11.3. The van der Waals surface area contributed by atoms with Gasteiger partial charge in [0.2, 0.25) is 5.91 Å². The lowest BCUT2D eigenvalue weighted by Gasteiger charge is -2.44. The lowest BCUT2D eigenvalue weighted by Crippen LogP contribution is -2.63. The monoisotopic (exact) mass is 634 g/mol. The van der Waals surface area contributed by atoms with Crippen LogP contribution in [0.3, 0.4) is 0 Å². The summed E-state index contributed by atoms with van der Waals surface area (Å²) < 4.78 is 37.9. The van der Waals surface area contributed by atoms with Crippen LogP contribution in [-0.2, 0) is 32.1 Å². The van der Waals surface area contributed by atoms with Gasteiger partial charge in [0.15, 0.2) is 18.1 Å². The van der Waals surface area contributed by atoms with Gasteiger partial charge in [0.1, 0.15) is 23.3 Å². The molecule has 2 aromatic carbocycles. The van der Waals surface area contributed by atoms with Crippen molar-refractivity contribution < 1.29 is 37.7 Å². The van der Waals surface area contributed by atoms with E-state index in [1.54, 1.807) is 30.2 Å². The minimum absolute atomic E-state index is 0. The van der Waals surface area contributed by atoms with Crippen molar-refractivity contribution in [3.05, 3.63) is 53.3 Å². The van der Waals surface area contributed by atoms with E-state index in [0.717, 1.165) is 5.56 Å². The van der Waals surface area contributed by atoms with Crippen molar-refractivity contribution in [1.82, 2.24) is 20.9 Å². The van der Waals surface area contributed by atoms with E-state index in [0.29, 0.717) is 62.4 Å². The van der Waals surface area contributed by atoms with Gasteiger partial charge in [-0.1, -0.05) is 6.07 Å². The van der Waals surface area contributed by atoms with Crippen molar-refractivity contribution in [2.45, 2.75) is 56.4 Å². The van der Waals surface area contributed by atoms with Crippen molar-refractivity contribution >= 4 is 30.1 Å². The molecule has 0 spiro atoms. The van der Waals surface area contributed by atoms with Crippen LogP contribution in [0.2, 0.25) is 0 Å². The number of carbonyl (C=O) groups excluding carboxylic acids is 3. The summed E-state index contributed by atoms with van der Waals surface area (Å²) in [4.78, 5) is 41.2. The van der Waals surface area contributed by atoms with Gasteiger partial charge in [-0.25, -0.2) is 4.39 Å². The zero-order chi connectivity index (χ0) is 30.4. The van der Waals surface area contributed by atoms with Gasteiger partial charge in [-0.15, -0.1) is 12.4 Å². The minimum atomic E-state index is -0.926. The highest BCUT2D eigenvalue weighted by molar-refractivity contribution is 5.86.